The van der Waals surface area contributed by atoms with Gasteiger partial charge in [-0.3, -0.25) is 4.79 Å². The molecule has 1 saturated heterocycles. The van der Waals surface area contributed by atoms with E-state index in [0.717, 1.165) is 63.1 Å². The van der Waals surface area contributed by atoms with E-state index >= 15 is 0 Å². The Balaban J connectivity index is 0.00000225. The van der Waals surface area contributed by atoms with Crippen LogP contribution in [0.3, 0.4) is 0 Å². The van der Waals surface area contributed by atoms with Gasteiger partial charge >= 0.3 is 0 Å². The van der Waals surface area contributed by atoms with E-state index in [1.54, 1.807) is 0 Å². The standard InChI is InChI=1S/C20H30N2O2.ClH/c1-15(2)14-24-18-8-6-16(7-9-18)20(10-4-11-20)19(23)22-17-5-3-12-21-13-17;/h6-9,15,17,21H,3-5,10-14H2,1-2H3,(H,22,23);1H/t17-;/m0./s1. The maximum Gasteiger partial charge on any atom is 0.230 e. The Labute approximate surface area is 157 Å². The van der Waals surface area contributed by atoms with Crippen LogP contribution in [0.2, 0.25) is 0 Å². The first-order chi connectivity index (χ1) is 11.6. The molecule has 1 atom stereocenters. The van der Waals surface area contributed by atoms with Gasteiger partial charge in [-0.1, -0.05) is 32.4 Å². The second-order valence-electron chi connectivity index (χ2n) is 7.68. The number of piperidine rings is 1. The van der Waals surface area contributed by atoms with Crippen molar-refractivity contribution in [1.29, 1.82) is 0 Å². The van der Waals surface area contributed by atoms with Gasteiger partial charge in [0.2, 0.25) is 5.91 Å². The molecule has 0 aromatic heterocycles. The predicted octanol–water partition coefficient (Wildman–Crippen LogP) is 3.43. The predicted molar refractivity (Wildman–Crippen MR) is 104 cm³/mol. The molecule has 0 spiro atoms. The molecule has 140 valence electrons. The van der Waals surface area contributed by atoms with Gasteiger partial charge in [0.15, 0.2) is 0 Å². The normalized spacial score (nSPS) is 21.8. The molecule has 0 bridgehead atoms. The number of hydrogen-bond acceptors (Lipinski definition) is 3. The van der Waals surface area contributed by atoms with E-state index in [0.29, 0.717) is 5.92 Å². The minimum Gasteiger partial charge on any atom is -0.493 e. The molecule has 5 heteroatoms. The largest absolute Gasteiger partial charge is 0.493 e. The van der Waals surface area contributed by atoms with E-state index < -0.39 is 0 Å². The molecule has 2 fully saturated rings. The number of nitrogens with one attached hydrogen (secondary N) is 2. The van der Waals surface area contributed by atoms with Crippen molar-refractivity contribution in [3.05, 3.63) is 29.8 Å². The lowest BCUT2D eigenvalue weighted by molar-refractivity contribution is -0.130. The van der Waals surface area contributed by atoms with Crippen LogP contribution in [0.5, 0.6) is 5.75 Å². The highest BCUT2D eigenvalue weighted by Gasteiger charge is 2.46. The van der Waals surface area contributed by atoms with Gasteiger partial charge in [0, 0.05) is 12.6 Å². The lowest BCUT2D eigenvalue weighted by Gasteiger charge is -2.42. The Morgan fingerprint density at radius 1 is 1.28 bits per heavy atom. The van der Waals surface area contributed by atoms with E-state index in [4.69, 9.17) is 4.74 Å². The molecule has 2 aliphatic rings. The first-order valence-electron chi connectivity index (χ1n) is 9.35. The molecule has 1 amide bonds. The van der Waals surface area contributed by atoms with Crippen LogP contribution in [0.1, 0.15) is 51.5 Å². The second kappa shape index (κ2) is 8.91. The number of hydrogen-bond donors (Lipinski definition) is 2. The SMILES string of the molecule is CC(C)COc1ccc(C2(C(=O)N[C@H]3CCCNC3)CCC2)cc1.Cl. The van der Waals surface area contributed by atoms with Gasteiger partial charge in [0.25, 0.3) is 0 Å². The number of ether oxygens (including phenoxy) is 1. The zero-order valence-corrected chi connectivity index (χ0v) is 16.2. The molecule has 1 saturated carbocycles. The van der Waals surface area contributed by atoms with E-state index in [1.807, 2.05) is 12.1 Å². The summed E-state index contributed by atoms with van der Waals surface area (Å²) in [7, 11) is 0. The molecule has 1 aromatic rings. The molecule has 1 heterocycles. The van der Waals surface area contributed by atoms with Crippen LogP contribution in [0.4, 0.5) is 0 Å². The first kappa shape index (κ1) is 20.1. The molecular formula is C20H31ClN2O2. The van der Waals surface area contributed by atoms with Crippen LogP contribution in [0, 0.1) is 5.92 Å². The van der Waals surface area contributed by atoms with Gasteiger partial charge in [-0.2, -0.15) is 0 Å². The van der Waals surface area contributed by atoms with E-state index in [-0.39, 0.29) is 29.8 Å². The summed E-state index contributed by atoms with van der Waals surface area (Å²) < 4.78 is 5.76. The zero-order valence-electron chi connectivity index (χ0n) is 15.3. The fourth-order valence-corrected chi connectivity index (χ4v) is 3.61. The number of amides is 1. The Kier molecular flexibility index (Phi) is 7.14. The first-order valence-corrected chi connectivity index (χ1v) is 9.35. The fourth-order valence-electron chi connectivity index (χ4n) is 3.61. The second-order valence-corrected chi connectivity index (χ2v) is 7.68. The molecule has 0 unspecified atom stereocenters. The third kappa shape index (κ3) is 4.68. The fraction of sp³-hybridized carbons (Fsp3) is 0.650. The zero-order chi connectivity index (χ0) is 17.0. The number of benzene rings is 1. The van der Waals surface area contributed by atoms with Crippen LogP contribution in [-0.4, -0.2) is 31.6 Å². The van der Waals surface area contributed by atoms with Crippen LogP contribution in [0.15, 0.2) is 24.3 Å². The summed E-state index contributed by atoms with van der Waals surface area (Å²) in [5.41, 5.74) is 0.806. The molecule has 1 aliphatic carbocycles. The number of carbonyl (C=O) groups excluding carboxylic acids is 1. The Hall–Kier alpha value is -1.26. The van der Waals surface area contributed by atoms with E-state index in [1.165, 1.54) is 0 Å². The van der Waals surface area contributed by atoms with Crippen LogP contribution >= 0.6 is 12.4 Å². The monoisotopic (exact) mass is 366 g/mol. The van der Waals surface area contributed by atoms with Crippen molar-refractivity contribution < 1.29 is 9.53 Å². The maximum atomic E-state index is 12.9. The summed E-state index contributed by atoms with van der Waals surface area (Å²) in [6.45, 7) is 6.96. The average molecular weight is 367 g/mol. The van der Waals surface area contributed by atoms with Gasteiger partial charge in [-0.25, -0.2) is 0 Å². The molecule has 4 nitrogen and oxygen atoms in total. The summed E-state index contributed by atoms with van der Waals surface area (Å²) >= 11 is 0. The van der Waals surface area contributed by atoms with Crippen molar-refractivity contribution in [2.24, 2.45) is 5.92 Å². The summed E-state index contributed by atoms with van der Waals surface area (Å²) in [6.07, 6.45) is 5.24. The molecule has 3 rings (SSSR count). The third-order valence-corrected chi connectivity index (χ3v) is 5.26. The molecule has 2 N–H and O–H groups in total. The number of rotatable bonds is 6. The van der Waals surface area contributed by atoms with Crippen molar-refractivity contribution in [3.8, 4) is 5.75 Å². The lowest BCUT2D eigenvalue weighted by atomic mass is 9.63. The lowest BCUT2D eigenvalue weighted by Crippen LogP contribution is -2.55. The molecule has 1 aliphatic heterocycles. The third-order valence-electron chi connectivity index (χ3n) is 5.26. The average Bonchev–Trinajstić information content (AvgIpc) is 2.54. The highest BCUT2D eigenvalue weighted by molar-refractivity contribution is 5.89. The van der Waals surface area contributed by atoms with Gasteiger partial charge in [0.05, 0.1) is 12.0 Å². The van der Waals surface area contributed by atoms with Crippen molar-refractivity contribution in [2.75, 3.05) is 19.7 Å². The van der Waals surface area contributed by atoms with Crippen LogP contribution < -0.4 is 15.4 Å². The van der Waals surface area contributed by atoms with Crippen molar-refractivity contribution in [3.63, 3.8) is 0 Å². The summed E-state index contributed by atoms with van der Waals surface area (Å²) in [5, 5.41) is 6.65. The number of carbonyl (C=O) groups is 1. The Morgan fingerprint density at radius 3 is 2.52 bits per heavy atom. The smallest absolute Gasteiger partial charge is 0.230 e. The van der Waals surface area contributed by atoms with Gasteiger partial charge < -0.3 is 15.4 Å². The minimum absolute atomic E-state index is 0. The molecule has 25 heavy (non-hydrogen) atoms. The van der Waals surface area contributed by atoms with Crippen LogP contribution in [0.25, 0.3) is 0 Å². The van der Waals surface area contributed by atoms with Crippen molar-refractivity contribution in [1.82, 2.24) is 10.6 Å². The summed E-state index contributed by atoms with van der Waals surface area (Å²) in [5.74, 6) is 1.61. The van der Waals surface area contributed by atoms with Gasteiger partial charge in [-0.15, -0.1) is 12.4 Å². The van der Waals surface area contributed by atoms with Gasteiger partial charge in [-0.05, 0) is 55.8 Å². The van der Waals surface area contributed by atoms with Crippen LogP contribution in [-0.2, 0) is 10.2 Å². The number of halogens is 1. The maximum absolute atomic E-state index is 12.9. The Morgan fingerprint density at radius 2 is 2.00 bits per heavy atom. The molecule has 0 radical (unpaired) electrons. The summed E-state index contributed by atoms with van der Waals surface area (Å²) in [6, 6.07) is 8.44. The van der Waals surface area contributed by atoms with E-state index in [2.05, 4.69) is 36.6 Å². The quantitative estimate of drug-likeness (QED) is 0.810. The van der Waals surface area contributed by atoms with E-state index in [9.17, 15) is 4.79 Å². The Bertz CT molecular complexity index is 549. The highest BCUT2D eigenvalue weighted by atomic mass is 35.5. The van der Waals surface area contributed by atoms with Crippen molar-refractivity contribution >= 4 is 18.3 Å². The van der Waals surface area contributed by atoms with Gasteiger partial charge in [0.1, 0.15) is 5.75 Å². The minimum atomic E-state index is -0.325. The topological polar surface area (TPSA) is 50.4 Å². The highest BCUT2D eigenvalue weighted by Crippen LogP contribution is 2.44. The summed E-state index contributed by atoms with van der Waals surface area (Å²) in [4.78, 5) is 12.9. The molecule has 1 aromatic carbocycles. The molecular weight excluding hydrogens is 336 g/mol. The van der Waals surface area contributed by atoms with Crippen molar-refractivity contribution in [2.45, 2.75) is 57.4 Å².